The minimum atomic E-state index is -1.37. The van der Waals surface area contributed by atoms with E-state index in [2.05, 4.69) is 38.5 Å². The highest BCUT2D eigenvalue weighted by molar-refractivity contribution is 7.80. The summed E-state index contributed by atoms with van der Waals surface area (Å²) < 4.78 is 0. The number of carbonyl (C=O) groups excluding carboxylic acids is 3. The fraction of sp³-hybridized carbons (Fsp3) is 0.600. The lowest BCUT2D eigenvalue weighted by molar-refractivity contribution is -0.142. The predicted octanol–water partition coefficient (Wildman–Crippen LogP) is -1.34. The summed E-state index contributed by atoms with van der Waals surface area (Å²) in [5.74, 6) is -5.15. The Hall–Kier alpha value is -3.13. The first-order chi connectivity index (χ1) is 16.0. The third-order valence-corrected chi connectivity index (χ3v) is 5.61. The molecule has 0 radical (unpaired) electrons. The van der Waals surface area contributed by atoms with Crippen molar-refractivity contribution in [2.24, 2.45) is 11.7 Å². The molecule has 34 heavy (non-hydrogen) atoms. The molecule has 14 heteroatoms. The quantitative estimate of drug-likeness (QED) is 0.133. The van der Waals surface area contributed by atoms with E-state index in [1.807, 2.05) is 6.92 Å². The molecule has 8 N–H and O–H groups in total. The molecule has 190 valence electrons. The Morgan fingerprint density at radius 3 is 2.15 bits per heavy atom. The lowest BCUT2D eigenvalue weighted by Crippen LogP contribution is -2.58. The number of nitrogens with two attached hydrogens (primary N) is 1. The number of amides is 3. The summed E-state index contributed by atoms with van der Waals surface area (Å²) in [6, 6.07) is -4.74. The molecule has 1 rings (SSSR count). The Labute approximate surface area is 202 Å². The number of nitrogens with one attached hydrogen (secondary N) is 4. The number of aromatic amines is 1. The molecular weight excluding hydrogens is 468 g/mol. The van der Waals surface area contributed by atoms with Crippen LogP contribution in [-0.2, 0) is 30.4 Å². The van der Waals surface area contributed by atoms with Gasteiger partial charge in [0.25, 0.3) is 0 Å². The lowest BCUT2D eigenvalue weighted by Gasteiger charge is -2.25. The van der Waals surface area contributed by atoms with Gasteiger partial charge in [0.05, 0.1) is 12.4 Å². The SMILES string of the molecule is CCC(C)C(N)C(=O)NC(Cc1cnc[nH]1)C(=O)NC(CCC(=O)O)C(=O)NC(CS)C(=O)O. The van der Waals surface area contributed by atoms with Crippen molar-refractivity contribution in [1.82, 2.24) is 25.9 Å². The highest BCUT2D eigenvalue weighted by Crippen LogP contribution is 2.08. The Morgan fingerprint density at radius 1 is 1.06 bits per heavy atom. The Morgan fingerprint density at radius 2 is 1.65 bits per heavy atom. The molecule has 0 saturated carbocycles. The topological polar surface area (TPSA) is 217 Å². The van der Waals surface area contributed by atoms with E-state index >= 15 is 0 Å². The predicted molar refractivity (Wildman–Crippen MR) is 124 cm³/mol. The minimum absolute atomic E-state index is 0.00748. The molecule has 0 spiro atoms. The number of rotatable bonds is 15. The standard InChI is InChI=1S/C20H32N6O7S/c1-3-10(2)16(21)19(31)25-13(6-11-7-22-9-23-11)18(30)24-12(4-5-15(27)28)17(29)26-14(8-34)20(32)33/h7,9-10,12-14,16,34H,3-6,8,21H2,1-2H3,(H,22,23)(H,24,30)(H,25,31)(H,26,29)(H,27,28)(H,32,33). The van der Waals surface area contributed by atoms with Crippen molar-refractivity contribution < 1.29 is 34.2 Å². The number of hydrogen-bond acceptors (Lipinski definition) is 8. The van der Waals surface area contributed by atoms with Gasteiger partial charge in [0.15, 0.2) is 0 Å². The number of carboxylic acids is 2. The molecule has 13 nitrogen and oxygen atoms in total. The van der Waals surface area contributed by atoms with Gasteiger partial charge in [-0.15, -0.1) is 0 Å². The van der Waals surface area contributed by atoms with E-state index in [9.17, 15) is 24.0 Å². The first kappa shape index (κ1) is 28.9. The molecule has 0 aliphatic carbocycles. The monoisotopic (exact) mass is 500 g/mol. The molecule has 5 atom stereocenters. The smallest absolute Gasteiger partial charge is 0.327 e. The third kappa shape index (κ3) is 9.39. The van der Waals surface area contributed by atoms with Crippen LogP contribution in [0, 0.1) is 5.92 Å². The van der Waals surface area contributed by atoms with Gasteiger partial charge in [-0.3, -0.25) is 19.2 Å². The average molecular weight is 501 g/mol. The van der Waals surface area contributed by atoms with E-state index in [4.69, 9.17) is 15.9 Å². The van der Waals surface area contributed by atoms with Gasteiger partial charge in [0, 0.05) is 30.5 Å². The number of H-pyrrole nitrogens is 1. The molecular formula is C20H32N6O7S. The van der Waals surface area contributed by atoms with E-state index in [-0.39, 0.29) is 24.5 Å². The second-order valence-corrected chi connectivity index (χ2v) is 8.19. The molecule has 0 aliphatic heterocycles. The van der Waals surface area contributed by atoms with Crippen LogP contribution in [0.25, 0.3) is 0 Å². The van der Waals surface area contributed by atoms with Gasteiger partial charge in [-0.25, -0.2) is 9.78 Å². The summed E-state index contributed by atoms with van der Waals surface area (Å²) in [6.07, 6.45) is 2.71. The maximum atomic E-state index is 13.1. The van der Waals surface area contributed by atoms with Gasteiger partial charge >= 0.3 is 11.9 Å². The zero-order valence-corrected chi connectivity index (χ0v) is 19.9. The van der Waals surface area contributed by atoms with Gasteiger partial charge in [0.1, 0.15) is 18.1 Å². The fourth-order valence-electron chi connectivity index (χ4n) is 2.87. The second kappa shape index (κ2) is 14.2. The van der Waals surface area contributed by atoms with Crippen LogP contribution in [0.3, 0.4) is 0 Å². The number of thiol groups is 1. The summed E-state index contributed by atoms with van der Waals surface area (Å²) in [5.41, 5.74) is 6.48. The number of nitrogens with zero attached hydrogens (tertiary/aromatic N) is 1. The van der Waals surface area contributed by atoms with Gasteiger partial charge in [-0.1, -0.05) is 20.3 Å². The third-order valence-electron chi connectivity index (χ3n) is 5.25. The second-order valence-electron chi connectivity index (χ2n) is 7.83. The first-order valence-corrected chi connectivity index (χ1v) is 11.3. The summed E-state index contributed by atoms with van der Waals surface area (Å²) >= 11 is 3.87. The van der Waals surface area contributed by atoms with E-state index in [1.165, 1.54) is 12.5 Å². The molecule has 0 fully saturated rings. The van der Waals surface area contributed by atoms with Crippen LogP contribution in [0.15, 0.2) is 12.5 Å². The van der Waals surface area contributed by atoms with Gasteiger partial charge in [-0.2, -0.15) is 12.6 Å². The zero-order valence-electron chi connectivity index (χ0n) is 19.0. The first-order valence-electron chi connectivity index (χ1n) is 10.7. The highest BCUT2D eigenvalue weighted by atomic mass is 32.1. The number of aliphatic carboxylic acids is 2. The maximum Gasteiger partial charge on any atom is 0.327 e. The lowest BCUT2D eigenvalue weighted by atomic mass is 9.98. The normalized spacial score (nSPS) is 15.3. The summed E-state index contributed by atoms with van der Waals surface area (Å²) in [6.45, 7) is 3.66. The van der Waals surface area contributed by atoms with Crippen molar-refractivity contribution >= 4 is 42.3 Å². The van der Waals surface area contributed by atoms with Crippen LogP contribution < -0.4 is 21.7 Å². The fourth-order valence-corrected chi connectivity index (χ4v) is 3.12. The van der Waals surface area contributed by atoms with Gasteiger partial charge < -0.3 is 36.9 Å². The van der Waals surface area contributed by atoms with Crippen LogP contribution in [0.1, 0.15) is 38.8 Å². The van der Waals surface area contributed by atoms with E-state index in [0.717, 1.165) is 0 Å². The summed E-state index contributed by atoms with van der Waals surface area (Å²) in [4.78, 5) is 67.2. The number of aromatic nitrogens is 2. The summed E-state index contributed by atoms with van der Waals surface area (Å²) in [5, 5.41) is 25.3. The van der Waals surface area contributed by atoms with Crippen molar-refractivity contribution in [2.75, 3.05) is 5.75 Å². The highest BCUT2D eigenvalue weighted by Gasteiger charge is 2.31. The summed E-state index contributed by atoms with van der Waals surface area (Å²) in [7, 11) is 0. The van der Waals surface area contributed by atoms with Crippen LogP contribution >= 0.6 is 12.6 Å². The molecule has 5 unspecified atom stereocenters. The van der Waals surface area contributed by atoms with Gasteiger partial charge in [-0.05, 0) is 12.3 Å². The van der Waals surface area contributed by atoms with E-state index in [1.54, 1.807) is 6.92 Å². The number of imidazole rings is 1. The molecule has 0 saturated heterocycles. The van der Waals surface area contributed by atoms with Crippen molar-refractivity contribution in [3.8, 4) is 0 Å². The van der Waals surface area contributed by atoms with Crippen molar-refractivity contribution in [3.63, 3.8) is 0 Å². The van der Waals surface area contributed by atoms with Crippen LogP contribution in [0.5, 0.6) is 0 Å². The largest absolute Gasteiger partial charge is 0.481 e. The molecule has 3 amide bonds. The number of carboxylic acid groups (broad SMARTS) is 2. The maximum absolute atomic E-state index is 13.1. The molecule has 0 aromatic carbocycles. The van der Waals surface area contributed by atoms with Crippen LogP contribution in [0.4, 0.5) is 0 Å². The zero-order chi connectivity index (χ0) is 25.8. The number of carbonyl (C=O) groups is 5. The average Bonchev–Trinajstić information content (AvgIpc) is 3.30. The van der Waals surface area contributed by atoms with Crippen LogP contribution in [0.2, 0.25) is 0 Å². The van der Waals surface area contributed by atoms with Crippen molar-refractivity contribution in [2.45, 2.75) is 63.7 Å². The molecule has 1 heterocycles. The Balaban J connectivity index is 3.06. The Kier molecular flexibility index (Phi) is 12.1. The minimum Gasteiger partial charge on any atom is -0.481 e. The van der Waals surface area contributed by atoms with E-state index in [0.29, 0.717) is 12.1 Å². The molecule has 1 aromatic heterocycles. The van der Waals surface area contributed by atoms with Crippen molar-refractivity contribution in [3.05, 3.63) is 18.2 Å². The van der Waals surface area contributed by atoms with Crippen LogP contribution in [-0.4, -0.2) is 79.8 Å². The molecule has 0 aliphatic rings. The number of hydrogen-bond donors (Lipinski definition) is 8. The molecule has 1 aromatic rings. The van der Waals surface area contributed by atoms with Crippen molar-refractivity contribution in [1.29, 1.82) is 0 Å². The van der Waals surface area contributed by atoms with E-state index < -0.39 is 60.2 Å². The van der Waals surface area contributed by atoms with Gasteiger partial charge in [0.2, 0.25) is 17.7 Å². The molecule has 0 bridgehead atoms. The Bertz CT molecular complexity index is 850.